The number of halogens is 1. The van der Waals surface area contributed by atoms with E-state index in [1.165, 1.54) is 0 Å². The second kappa shape index (κ2) is 8.10. The Hall–Kier alpha value is -3.05. The van der Waals surface area contributed by atoms with Crippen molar-refractivity contribution in [2.75, 3.05) is 0 Å². The van der Waals surface area contributed by atoms with E-state index in [0.717, 1.165) is 28.2 Å². The van der Waals surface area contributed by atoms with Gasteiger partial charge in [0.25, 0.3) is 5.91 Å². The molecule has 0 fully saturated rings. The molecule has 5 nitrogen and oxygen atoms in total. The third-order valence-corrected chi connectivity index (χ3v) is 4.20. The van der Waals surface area contributed by atoms with Crippen molar-refractivity contribution in [1.82, 2.24) is 15.3 Å². The number of rotatable bonds is 3. The number of amides is 1. The van der Waals surface area contributed by atoms with Gasteiger partial charge in [0.15, 0.2) is 0 Å². The zero-order valence-corrected chi connectivity index (χ0v) is 16.1. The summed E-state index contributed by atoms with van der Waals surface area (Å²) in [4.78, 5) is 25.2. The highest BCUT2D eigenvalue weighted by atomic mass is 35.5. The van der Waals surface area contributed by atoms with Gasteiger partial charge < -0.3 is 5.32 Å². The smallest absolute Gasteiger partial charge is 0.258 e. The molecule has 1 N–H and O–H groups in total. The quantitative estimate of drug-likeness (QED) is 0.521. The Labute approximate surface area is 163 Å². The highest BCUT2D eigenvalue weighted by Crippen LogP contribution is 2.26. The maximum atomic E-state index is 12.3. The summed E-state index contributed by atoms with van der Waals surface area (Å²) in [7, 11) is 0. The third-order valence-electron chi connectivity index (χ3n) is 3.98. The number of nitrogens with zero attached hydrogens (tertiary/aromatic N) is 3. The van der Waals surface area contributed by atoms with Crippen LogP contribution >= 0.6 is 11.6 Å². The number of aliphatic imine (C=N–C) groups is 1. The highest BCUT2D eigenvalue weighted by Gasteiger charge is 2.08. The van der Waals surface area contributed by atoms with Gasteiger partial charge in [-0.3, -0.25) is 14.8 Å². The summed E-state index contributed by atoms with van der Waals surface area (Å²) in [5.74, 6) is 0.282. The molecule has 27 heavy (non-hydrogen) atoms. The van der Waals surface area contributed by atoms with Gasteiger partial charge in [-0.15, -0.1) is 0 Å². The lowest BCUT2D eigenvalue weighted by atomic mass is 10.1. The van der Waals surface area contributed by atoms with Crippen LogP contribution in [0.3, 0.4) is 0 Å². The van der Waals surface area contributed by atoms with E-state index in [4.69, 9.17) is 11.6 Å². The molecule has 0 aliphatic heterocycles. The zero-order chi connectivity index (χ0) is 19.4. The standard InChI is InChI=1S/C21H19ClN4O/c1-13-10-16(20-9-7-18(22)12-24-20)6-8-19(13)25-15(3)26-21(27)17-5-4-14(2)23-11-17/h4-12H,1-3H3,(H,25,26,27). The van der Waals surface area contributed by atoms with E-state index in [1.807, 2.05) is 44.2 Å². The van der Waals surface area contributed by atoms with Crippen LogP contribution in [0.1, 0.15) is 28.5 Å². The number of aromatic nitrogens is 2. The molecule has 1 aromatic carbocycles. The second-order valence-electron chi connectivity index (χ2n) is 6.20. The van der Waals surface area contributed by atoms with Crippen molar-refractivity contribution < 1.29 is 4.79 Å². The molecular formula is C21H19ClN4O. The lowest BCUT2D eigenvalue weighted by molar-refractivity contribution is 0.0976. The first kappa shape index (κ1) is 18.7. The molecule has 136 valence electrons. The van der Waals surface area contributed by atoms with Crippen molar-refractivity contribution in [1.29, 1.82) is 0 Å². The van der Waals surface area contributed by atoms with Crippen LogP contribution in [0, 0.1) is 13.8 Å². The van der Waals surface area contributed by atoms with Crippen molar-refractivity contribution >= 4 is 29.0 Å². The molecule has 0 unspecified atom stereocenters. The molecular weight excluding hydrogens is 360 g/mol. The van der Waals surface area contributed by atoms with Crippen molar-refractivity contribution in [2.24, 2.45) is 4.99 Å². The average molecular weight is 379 g/mol. The SMILES string of the molecule is CC(=Nc1ccc(-c2ccc(Cl)cn2)cc1C)NC(=O)c1ccc(C)nc1. The monoisotopic (exact) mass is 378 g/mol. The molecule has 0 bridgehead atoms. The molecule has 2 aromatic heterocycles. The minimum Gasteiger partial charge on any atom is -0.310 e. The van der Waals surface area contributed by atoms with Crippen LogP contribution in [0.2, 0.25) is 5.02 Å². The Balaban J connectivity index is 1.76. The average Bonchev–Trinajstić information content (AvgIpc) is 2.64. The van der Waals surface area contributed by atoms with E-state index in [9.17, 15) is 4.79 Å². The summed E-state index contributed by atoms with van der Waals surface area (Å²) in [5.41, 5.74) is 4.95. The fourth-order valence-electron chi connectivity index (χ4n) is 2.53. The van der Waals surface area contributed by atoms with E-state index in [0.29, 0.717) is 16.4 Å². The van der Waals surface area contributed by atoms with Crippen LogP contribution in [0.5, 0.6) is 0 Å². The van der Waals surface area contributed by atoms with E-state index in [2.05, 4.69) is 20.3 Å². The fraction of sp³-hybridized carbons (Fsp3) is 0.143. The summed E-state index contributed by atoms with van der Waals surface area (Å²) in [5, 5.41) is 3.39. The number of nitrogens with one attached hydrogen (secondary N) is 1. The fourth-order valence-corrected chi connectivity index (χ4v) is 2.65. The maximum absolute atomic E-state index is 12.3. The topological polar surface area (TPSA) is 67.2 Å². The second-order valence-corrected chi connectivity index (χ2v) is 6.64. The van der Waals surface area contributed by atoms with Crippen molar-refractivity contribution in [2.45, 2.75) is 20.8 Å². The summed E-state index contributed by atoms with van der Waals surface area (Å²) in [6.07, 6.45) is 3.18. The first-order valence-electron chi connectivity index (χ1n) is 8.44. The number of amidine groups is 1. The van der Waals surface area contributed by atoms with Gasteiger partial charge in [-0.2, -0.15) is 0 Å². The number of hydrogen-bond donors (Lipinski definition) is 1. The van der Waals surface area contributed by atoms with E-state index < -0.39 is 0 Å². The Kier molecular flexibility index (Phi) is 5.62. The van der Waals surface area contributed by atoms with Gasteiger partial charge in [0.05, 0.1) is 22.0 Å². The largest absolute Gasteiger partial charge is 0.310 e. The molecule has 0 saturated carbocycles. The Morgan fingerprint density at radius 1 is 1.04 bits per heavy atom. The van der Waals surface area contributed by atoms with Gasteiger partial charge in [-0.25, -0.2) is 4.99 Å². The lowest BCUT2D eigenvalue weighted by Crippen LogP contribution is -2.28. The Morgan fingerprint density at radius 2 is 1.85 bits per heavy atom. The van der Waals surface area contributed by atoms with Crippen LogP contribution in [0.4, 0.5) is 5.69 Å². The van der Waals surface area contributed by atoms with E-state index >= 15 is 0 Å². The molecule has 2 heterocycles. The zero-order valence-electron chi connectivity index (χ0n) is 15.3. The van der Waals surface area contributed by atoms with E-state index in [1.54, 1.807) is 31.5 Å². The molecule has 0 saturated heterocycles. The predicted molar refractivity (Wildman–Crippen MR) is 109 cm³/mol. The molecule has 0 aliphatic rings. The summed E-state index contributed by atoms with van der Waals surface area (Å²) >= 11 is 5.89. The summed E-state index contributed by atoms with van der Waals surface area (Å²) < 4.78 is 0. The number of carbonyl (C=O) groups is 1. The summed E-state index contributed by atoms with van der Waals surface area (Å²) in [6, 6.07) is 13.1. The molecule has 3 aromatic rings. The molecule has 0 radical (unpaired) electrons. The minimum absolute atomic E-state index is 0.233. The van der Waals surface area contributed by atoms with Gasteiger partial charge in [0.2, 0.25) is 0 Å². The van der Waals surface area contributed by atoms with Crippen molar-refractivity contribution in [3.63, 3.8) is 0 Å². The highest BCUT2D eigenvalue weighted by molar-refractivity contribution is 6.30. The Bertz CT molecular complexity index is 996. The molecule has 6 heteroatoms. The first-order valence-corrected chi connectivity index (χ1v) is 8.82. The van der Waals surface area contributed by atoms with Gasteiger partial charge in [-0.05, 0) is 62.7 Å². The van der Waals surface area contributed by atoms with Crippen LogP contribution < -0.4 is 5.32 Å². The third kappa shape index (κ3) is 4.77. The van der Waals surface area contributed by atoms with Gasteiger partial charge in [0, 0.05) is 23.7 Å². The van der Waals surface area contributed by atoms with Gasteiger partial charge in [-0.1, -0.05) is 17.7 Å². The maximum Gasteiger partial charge on any atom is 0.258 e. The number of pyridine rings is 2. The first-order chi connectivity index (χ1) is 12.9. The van der Waals surface area contributed by atoms with E-state index in [-0.39, 0.29) is 5.91 Å². The normalized spacial score (nSPS) is 11.3. The minimum atomic E-state index is -0.233. The van der Waals surface area contributed by atoms with Crippen LogP contribution in [-0.4, -0.2) is 21.7 Å². The van der Waals surface area contributed by atoms with Crippen LogP contribution in [-0.2, 0) is 0 Å². The molecule has 3 rings (SSSR count). The number of hydrogen-bond acceptors (Lipinski definition) is 4. The number of aryl methyl sites for hydroxylation is 2. The number of benzene rings is 1. The van der Waals surface area contributed by atoms with Crippen LogP contribution in [0.15, 0.2) is 59.9 Å². The lowest BCUT2D eigenvalue weighted by Gasteiger charge is -2.08. The van der Waals surface area contributed by atoms with Crippen LogP contribution in [0.25, 0.3) is 11.3 Å². The molecule has 0 atom stereocenters. The van der Waals surface area contributed by atoms with Crippen molar-refractivity contribution in [3.05, 3.63) is 76.7 Å². The van der Waals surface area contributed by atoms with Gasteiger partial charge in [0.1, 0.15) is 5.84 Å². The van der Waals surface area contributed by atoms with Crippen molar-refractivity contribution in [3.8, 4) is 11.3 Å². The molecule has 0 spiro atoms. The molecule has 1 amide bonds. The summed E-state index contributed by atoms with van der Waals surface area (Å²) in [6.45, 7) is 5.60. The molecule has 0 aliphatic carbocycles. The Morgan fingerprint density at radius 3 is 2.48 bits per heavy atom. The predicted octanol–water partition coefficient (Wildman–Crippen LogP) is 4.89. The van der Waals surface area contributed by atoms with Gasteiger partial charge >= 0.3 is 0 Å². The number of carbonyl (C=O) groups excluding carboxylic acids is 1.